The van der Waals surface area contributed by atoms with Crippen LogP contribution in [0.4, 0.5) is 0 Å². The Kier molecular flexibility index (Phi) is 1.53. The lowest BCUT2D eigenvalue weighted by molar-refractivity contribution is 0.610. The van der Waals surface area contributed by atoms with Gasteiger partial charge in [-0.25, -0.2) is 3.11 Å². The van der Waals surface area contributed by atoms with Crippen molar-refractivity contribution >= 4 is 22.9 Å². The van der Waals surface area contributed by atoms with Crippen LogP contribution in [-0.2, 0) is 0 Å². The van der Waals surface area contributed by atoms with Crippen LogP contribution in [0.5, 0.6) is 0 Å². The fourth-order valence-electron chi connectivity index (χ4n) is 1.72. The summed E-state index contributed by atoms with van der Waals surface area (Å²) in [6, 6.07) is 0. The highest BCUT2D eigenvalue weighted by molar-refractivity contribution is 14.1. The molecule has 0 bridgehead atoms. The molecule has 9 heavy (non-hydrogen) atoms. The molecule has 1 aliphatic carbocycles. The van der Waals surface area contributed by atoms with E-state index in [-0.39, 0.29) is 0 Å². The maximum atomic E-state index is 2.41. The molecule has 0 aromatic rings. The summed E-state index contributed by atoms with van der Waals surface area (Å²) in [5.74, 6) is 0. The molecule has 0 atom stereocenters. The maximum absolute atomic E-state index is 2.41. The molecule has 2 rings (SSSR count). The van der Waals surface area contributed by atoms with Crippen molar-refractivity contribution in [1.82, 2.24) is 3.11 Å². The van der Waals surface area contributed by atoms with Crippen molar-refractivity contribution in [3.63, 3.8) is 0 Å². The number of rotatable bonds is 0. The minimum absolute atomic E-state index is 1.25. The van der Waals surface area contributed by atoms with Gasteiger partial charge in [-0.15, -0.1) is 0 Å². The summed E-state index contributed by atoms with van der Waals surface area (Å²) in [6.07, 6.45) is 4.19. The highest BCUT2D eigenvalue weighted by Gasteiger charge is 2.23. The van der Waals surface area contributed by atoms with Crippen molar-refractivity contribution in [3.05, 3.63) is 11.1 Å². The first-order chi connectivity index (χ1) is 4.36. The Balaban J connectivity index is 2.15. The molecular weight excluding hydrogens is 225 g/mol. The first kappa shape index (κ1) is 6.16. The highest BCUT2D eigenvalue weighted by atomic mass is 127. The van der Waals surface area contributed by atoms with Crippen LogP contribution in [0.25, 0.3) is 0 Å². The molecule has 0 N–H and O–H groups in total. The third-order valence-electron chi connectivity index (χ3n) is 2.18. The summed E-state index contributed by atoms with van der Waals surface area (Å²) < 4.78 is 2.38. The Bertz CT molecular complexity index is 146. The van der Waals surface area contributed by atoms with E-state index in [0.29, 0.717) is 0 Å². The van der Waals surface area contributed by atoms with E-state index in [1.807, 2.05) is 0 Å². The van der Waals surface area contributed by atoms with E-state index >= 15 is 0 Å². The SMILES string of the molecule is IN1CC2=C(CCC2)C1. The molecule has 0 aromatic carbocycles. The van der Waals surface area contributed by atoms with Crippen LogP contribution in [0, 0.1) is 0 Å². The van der Waals surface area contributed by atoms with E-state index in [0.717, 1.165) is 0 Å². The number of hydrogen-bond donors (Lipinski definition) is 0. The zero-order chi connectivity index (χ0) is 6.27. The van der Waals surface area contributed by atoms with Crippen molar-refractivity contribution in [2.75, 3.05) is 13.1 Å². The second-order valence-electron chi connectivity index (χ2n) is 2.84. The molecule has 0 amide bonds. The Morgan fingerprint density at radius 2 is 1.67 bits per heavy atom. The molecule has 1 aliphatic heterocycles. The van der Waals surface area contributed by atoms with Crippen LogP contribution in [0.2, 0.25) is 0 Å². The van der Waals surface area contributed by atoms with Crippen LogP contribution in [0.3, 0.4) is 0 Å². The quantitative estimate of drug-likeness (QED) is 0.353. The van der Waals surface area contributed by atoms with Crippen LogP contribution in [-0.4, -0.2) is 16.2 Å². The van der Waals surface area contributed by atoms with Gasteiger partial charge in [0, 0.05) is 36.0 Å². The van der Waals surface area contributed by atoms with Gasteiger partial charge in [0.25, 0.3) is 0 Å². The largest absolute Gasteiger partial charge is 0.239 e. The van der Waals surface area contributed by atoms with Crippen LogP contribution in [0.15, 0.2) is 11.1 Å². The normalized spacial score (nSPS) is 27.7. The summed E-state index contributed by atoms with van der Waals surface area (Å²) >= 11 is 2.41. The lowest BCUT2D eigenvalue weighted by atomic mass is 10.2. The average Bonchev–Trinajstić information content (AvgIpc) is 2.22. The predicted octanol–water partition coefficient (Wildman–Crippen LogP) is 2.13. The van der Waals surface area contributed by atoms with E-state index in [2.05, 4.69) is 26.0 Å². The molecule has 0 saturated heterocycles. The average molecular weight is 235 g/mol. The molecule has 0 fully saturated rings. The molecule has 0 unspecified atom stereocenters. The first-order valence-corrected chi connectivity index (χ1v) is 4.43. The van der Waals surface area contributed by atoms with E-state index in [9.17, 15) is 0 Å². The lowest BCUT2D eigenvalue weighted by Crippen LogP contribution is -2.07. The zero-order valence-electron chi connectivity index (χ0n) is 5.36. The fraction of sp³-hybridized carbons (Fsp3) is 0.714. The molecule has 2 heteroatoms. The van der Waals surface area contributed by atoms with Gasteiger partial charge < -0.3 is 0 Å². The molecule has 0 aromatic heterocycles. The van der Waals surface area contributed by atoms with Gasteiger partial charge >= 0.3 is 0 Å². The lowest BCUT2D eigenvalue weighted by Gasteiger charge is -2.05. The number of nitrogens with zero attached hydrogens (tertiary/aromatic N) is 1. The standard InChI is InChI=1S/C7H10IN/c8-9-4-6-2-1-3-7(6)5-9/h1-5H2. The molecule has 50 valence electrons. The number of halogens is 1. The Morgan fingerprint density at radius 3 is 2.22 bits per heavy atom. The van der Waals surface area contributed by atoms with E-state index in [1.165, 1.54) is 32.4 Å². The van der Waals surface area contributed by atoms with Gasteiger partial charge in [-0.05, 0) is 19.3 Å². The summed E-state index contributed by atoms with van der Waals surface area (Å²) in [7, 11) is 0. The van der Waals surface area contributed by atoms with Crippen molar-refractivity contribution in [2.45, 2.75) is 19.3 Å². The van der Waals surface area contributed by atoms with Gasteiger partial charge in [0.15, 0.2) is 0 Å². The summed E-state index contributed by atoms with van der Waals surface area (Å²) in [4.78, 5) is 0. The Labute approximate surface area is 69.6 Å². The van der Waals surface area contributed by atoms with Gasteiger partial charge in [0.2, 0.25) is 0 Å². The van der Waals surface area contributed by atoms with Crippen molar-refractivity contribution in [3.8, 4) is 0 Å². The van der Waals surface area contributed by atoms with Crippen molar-refractivity contribution < 1.29 is 0 Å². The van der Waals surface area contributed by atoms with E-state index in [1.54, 1.807) is 11.1 Å². The van der Waals surface area contributed by atoms with E-state index in [4.69, 9.17) is 0 Å². The first-order valence-electron chi connectivity index (χ1n) is 3.47. The maximum Gasteiger partial charge on any atom is 0.0298 e. The van der Waals surface area contributed by atoms with Crippen molar-refractivity contribution in [2.24, 2.45) is 0 Å². The molecule has 0 spiro atoms. The molecule has 0 saturated carbocycles. The monoisotopic (exact) mass is 235 g/mol. The zero-order valence-corrected chi connectivity index (χ0v) is 7.52. The summed E-state index contributed by atoms with van der Waals surface area (Å²) in [5.41, 5.74) is 3.48. The van der Waals surface area contributed by atoms with Gasteiger partial charge in [-0.3, -0.25) is 0 Å². The molecule has 1 heterocycles. The number of hydrogen-bond acceptors (Lipinski definition) is 1. The fourth-order valence-corrected chi connectivity index (χ4v) is 2.54. The van der Waals surface area contributed by atoms with Gasteiger partial charge in [-0.1, -0.05) is 11.1 Å². The minimum atomic E-state index is 1.25. The van der Waals surface area contributed by atoms with Crippen molar-refractivity contribution in [1.29, 1.82) is 0 Å². The predicted molar refractivity (Wildman–Crippen MR) is 46.5 cm³/mol. The second kappa shape index (κ2) is 2.23. The topological polar surface area (TPSA) is 3.24 Å². The third-order valence-corrected chi connectivity index (χ3v) is 2.86. The Hall–Kier alpha value is 0.430. The molecular formula is C7H10IN. The van der Waals surface area contributed by atoms with E-state index < -0.39 is 0 Å². The molecule has 2 aliphatic rings. The summed E-state index contributed by atoms with van der Waals surface area (Å²) in [6.45, 7) is 2.49. The van der Waals surface area contributed by atoms with Crippen LogP contribution < -0.4 is 0 Å². The smallest absolute Gasteiger partial charge is 0.0298 e. The van der Waals surface area contributed by atoms with Gasteiger partial charge in [0.05, 0.1) is 0 Å². The molecule has 1 nitrogen and oxygen atoms in total. The summed E-state index contributed by atoms with van der Waals surface area (Å²) in [5, 5.41) is 0. The van der Waals surface area contributed by atoms with Gasteiger partial charge in [-0.2, -0.15) is 0 Å². The van der Waals surface area contributed by atoms with Crippen LogP contribution in [0.1, 0.15) is 19.3 Å². The highest BCUT2D eigenvalue weighted by Crippen LogP contribution is 2.33. The Morgan fingerprint density at radius 1 is 1.11 bits per heavy atom. The van der Waals surface area contributed by atoms with Crippen LogP contribution >= 0.6 is 22.9 Å². The second-order valence-corrected chi connectivity index (χ2v) is 4.20. The van der Waals surface area contributed by atoms with Gasteiger partial charge in [0.1, 0.15) is 0 Å². The molecule has 0 radical (unpaired) electrons. The minimum Gasteiger partial charge on any atom is -0.239 e. The third kappa shape index (κ3) is 1.03.